The summed E-state index contributed by atoms with van der Waals surface area (Å²) >= 11 is 0. The van der Waals surface area contributed by atoms with Crippen LogP contribution in [0.2, 0.25) is 0 Å². The van der Waals surface area contributed by atoms with Crippen LogP contribution in [0.4, 0.5) is 5.69 Å². The Kier molecular flexibility index (Phi) is 10.0. The molecule has 3 aromatic carbocycles. The van der Waals surface area contributed by atoms with Gasteiger partial charge in [-0.3, -0.25) is 14.4 Å². The van der Waals surface area contributed by atoms with E-state index in [1.807, 2.05) is 37.3 Å². The standard InChI is InChI=1S/C27H28N4O6/c1-3-36-24-14-20(12-13-23(24)37-18-25(32)28-16-19-8-5-4-6-9-19)17-29-31-27(34)26(33)30-21-10-7-11-22(15-21)35-2/h4-15,17H,3,16,18H2,1-2H3,(H,28,32)(H,30,33)(H,31,34)/b29-17-. The highest BCUT2D eigenvalue weighted by Gasteiger charge is 2.13. The number of ether oxygens (including phenoxy) is 3. The Balaban J connectivity index is 1.52. The molecule has 0 aromatic heterocycles. The Morgan fingerprint density at radius 3 is 2.46 bits per heavy atom. The Morgan fingerprint density at radius 1 is 0.892 bits per heavy atom. The molecule has 0 heterocycles. The zero-order chi connectivity index (χ0) is 26.5. The molecule has 0 spiro atoms. The molecule has 0 atom stereocenters. The Morgan fingerprint density at radius 2 is 1.70 bits per heavy atom. The van der Waals surface area contributed by atoms with E-state index in [9.17, 15) is 14.4 Å². The lowest BCUT2D eigenvalue weighted by atomic mass is 10.2. The normalized spacial score (nSPS) is 10.4. The van der Waals surface area contributed by atoms with Crippen LogP contribution in [0.5, 0.6) is 17.2 Å². The summed E-state index contributed by atoms with van der Waals surface area (Å²) in [4.78, 5) is 36.3. The van der Waals surface area contributed by atoms with Crippen molar-refractivity contribution in [3.05, 3.63) is 83.9 Å². The third-order valence-electron chi connectivity index (χ3n) is 4.87. The first-order valence-electron chi connectivity index (χ1n) is 11.5. The second-order valence-corrected chi connectivity index (χ2v) is 7.58. The molecule has 0 radical (unpaired) electrons. The van der Waals surface area contributed by atoms with E-state index >= 15 is 0 Å². The fourth-order valence-corrected chi connectivity index (χ4v) is 3.09. The first-order chi connectivity index (χ1) is 18.0. The number of hydrogen-bond donors (Lipinski definition) is 3. The maximum Gasteiger partial charge on any atom is 0.329 e. The van der Waals surface area contributed by atoms with Crippen LogP contribution in [0.3, 0.4) is 0 Å². The number of carbonyl (C=O) groups excluding carboxylic acids is 3. The third kappa shape index (κ3) is 8.70. The summed E-state index contributed by atoms with van der Waals surface area (Å²) in [5, 5.41) is 9.09. The highest BCUT2D eigenvalue weighted by atomic mass is 16.5. The van der Waals surface area contributed by atoms with Crippen molar-refractivity contribution < 1.29 is 28.6 Å². The van der Waals surface area contributed by atoms with Crippen molar-refractivity contribution in [1.29, 1.82) is 0 Å². The molecule has 0 aliphatic heterocycles. The molecular weight excluding hydrogens is 476 g/mol. The van der Waals surface area contributed by atoms with Crippen LogP contribution in [0.15, 0.2) is 77.9 Å². The van der Waals surface area contributed by atoms with Gasteiger partial charge in [-0.25, -0.2) is 5.43 Å². The summed E-state index contributed by atoms with van der Waals surface area (Å²) < 4.78 is 16.3. The average Bonchev–Trinajstić information content (AvgIpc) is 2.92. The SMILES string of the molecule is CCOc1cc(/C=N\NC(=O)C(=O)Nc2cccc(OC)c2)ccc1OCC(=O)NCc1ccccc1. The summed E-state index contributed by atoms with van der Waals surface area (Å²) in [5.74, 6) is -0.756. The van der Waals surface area contributed by atoms with E-state index in [4.69, 9.17) is 14.2 Å². The highest BCUT2D eigenvalue weighted by molar-refractivity contribution is 6.39. The lowest BCUT2D eigenvalue weighted by Crippen LogP contribution is -2.32. The Bertz CT molecular complexity index is 1250. The van der Waals surface area contributed by atoms with Crippen LogP contribution in [0.1, 0.15) is 18.1 Å². The monoisotopic (exact) mass is 504 g/mol. The number of methoxy groups -OCH3 is 1. The van der Waals surface area contributed by atoms with Crippen LogP contribution in [0, 0.1) is 0 Å². The van der Waals surface area contributed by atoms with Crippen molar-refractivity contribution >= 4 is 29.6 Å². The van der Waals surface area contributed by atoms with Gasteiger partial charge >= 0.3 is 11.8 Å². The lowest BCUT2D eigenvalue weighted by molar-refractivity contribution is -0.136. The van der Waals surface area contributed by atoms with Crippen molar-refractivity contribution in [1.82, 2.24) is 10.7 Å². The molecule has 0 unspecified atom stereocenters. The van der Waals surface area contributed by atoms with Gasteiger partial charge in [-0.2, -0.15) is 5.10 Å². The summed E-state index contributed by atoms with van der Waals surface area (Å²) in [6, 6.07) is 21.1. The molecule has 37 heavy (non-hydrogen) atoms. The number of rotatable bonds is 11. The summed E-state index contributed by atoms with van der Waals surface area (Å²) in [6.45, 7) is 2.41. The lowest BCUT2D eigenvalue weighted by Gasteiger charge is -2.12. The molecule has 10 nitrogen and oxygen atoms in total. The van der Waals surface area contributed by atoms with Gasteiger partial charge in [0.1, 0.15) is 5.75 Å². The molecule has 0 saturated heterocycles. The second-order valence-electron chi connectivity index (χ2n) is 7.58. The van der Waals surface area contributed by atoms with Gasteiger partial charge in [-0.1, -0.05) is 36.4 Å². The fourth-order valence-electron chi connectivity index (χ4n) is 3.09. The number of amides is 3. The average molecular weight is 505 g/mol. The number of carbonyl (C=O) groups is 3. The van der Waals surface area contributed by atoms with Gasteiger partial charge in [-0.15, -0.1) is 0 Å². The molecule has 0 aliphatic carbocycles. The predicted octanol–water partition coefficient (Wildman–Crippen LogP) is 2.88. The van der Waals surface area contributed by atoms with E-state index in [0.29, 0.717) is 41.7 Å². The minimum atomic E-state index is -0.939. The second kappa shape index (κ2) is 13.9. The molecule has 10 heteroatoms. The van der Waals surface area contributed by atoms with Gasteiger partial charge in [-0.05, 0) is 48.4 Å². The molecular formula is C27H28N4O6. The van der Waals surface area contributed by atoms with Gasteiger partial charge in [0, 0.05) is 18.3 Å². The van der Waals surface area contributed by atoms with Crippen LogP contribution < -0.4 is 30.3 Å². The zero-order valence-corrected chi connectivity index (χ0v) is 20.5. The minimum Gasteiger partial charge on any atom is -0.497 e. The molecule has 3 rings (SSSR count). The van der Waals surface area contributed by atoms with E-state index in [0.717, 1.165) is 5.56 Å². The van der Waals surface area contributed by atoms with Crippen molar-refractivity contribution in [2.75, 3.05) is 25.6 Å². The van der Waals surface area contributed by atoms with Crippen LogP contribution in [-0.4, -0.2) is 44.3 Å². The quantitative estimate of drug-likeness (QED) is 0.209. The number of hydrazone groups is 1. The summed E-state index contributed by atoms with van der Waals surface area (Å²) in [5.41, 5.74) is 4.15. The number of benzene rings is 3. The Hall–Kier alpha value is -4.86. The smallest absolute Gasteiger partial charge is 0.329 e. The van der Waals surface area contributed by atoms with Crippen LogP contribution in [0.25, 0.3) is 0 Å². The van der Waals surface area contributed by atoms with Crippen molar-refractivity contribution in [2.24, 2.45) is 5.10 Å². The minimum absolute atomic E-state index is 0.182. The fraction of sp³-hybridized carbons (Fsp3) is 0.185. The number of hydrogen-bond acceptors (Lipinski definition) is 7. The van der Waals surface area contributed by atoms with E-state index < -0.39 is 11.8 Å². The molecule has 0 bridgehead atoms. The number of nitrogens with zero attached hydrogens (tertiary/aromatic N) is 1. The molecule has 3 aromatic rings. The van der Waals surface area contributed by atoms with Crippen LogP contribution in [-0.2, 0) is 20.9 Å². The van der Waals surface area contributed by atoms with E-state index in [2.05, 4.69) is 21.2 Å². The van der Waals surface area contributed by atoms with E-state index in [1.165, 1.54) is 13.3 Å². The van der Waals surface area contributed by atoms with Gasteiger partial charge in [0.15, 0.2) is 18.1 Å². The van der Waals surface area contributed by atoms with Gasteiger partial charge in [0.2, 0.25) is 0 Å². The Labute approximate surface area is 214 Å². The van der Waals surface area contributed by atoms with Crippen molar-refractivity contribution in [3.63, 3.8) is 0 Å². The number of anilines is 1. The first kappa shape index (κ1) is 26.7. The highest BCUT2D eigenvalue weighted by Crippen LogP contribution is 2.28. The van der Waals surface area contributed by atoms with Gasteiger partial charge in [0.05, 0.1) is 19.9 Å². The third-order valence-corrected chi connectivity index (χ3v) is 4.87. The molecule has 0 fully saturated rings. The van der Waals surface area contributed by atoms with Crippen molar-refractivity contribution in [3.8, 4) is 17.2 Å². The molecule has 0 aliphatic rings. The first-order valence-corrected chi connectivity index (χ1v) is 11.5. The molecule has 0 saturated carbocycles. The topological polar surface area (TPSA) is 127 Å². The van der Waals surface area contributed by atoms with Crippen LogP contribution >= 0.6 is 0 Å². The zero-order valence-electron chi connectivity index (χ0n) is 20.5. The van der Waals surface area contributed by atoms with Gasteiger partial charge < -0.3 is 24.8 Å². The van der Waals surface area contributed by atoms with E-state index in [-0.39, 0.29) is 12.5 Å². The predicted molar refractivity (Wildman–Crippen MR) is 139 cm³/mol. The number of nitrogens with one attached hydrogen (secondary N) is 3. The molecule has 3 amide bonds. The summed E-state index contributed by atoms with van der Waals surface area (Å²) in [7, 11) is 1.50. The van der Waals surface area contributed by atoms with Gasteiger partial charge in [0.25, 0.3) is 5.91 Å². The van der Waals surface area contributed by atoms with Crippen molar-refractivity contribution in [2.45, 2.75) is 13.5 Å². The largest absolute Gasteiger partial charge is 0.497 e. The maximum absolute atomic E-state index is 12.2. The molecule has 3 N–H and O–H groups in total. The molecule has 192 valence electrons. The summed E-state index contributed by atoms with van der Waals surface area (Å²) in [6.07, 6.45) is 1.36. The van der Waals surface area contributed by atoms with E-state index in [1.54, 1.807) is 42.5 Å². The maximum atomic E-state index is 12.2.